The van der Waals surface area contributed by atoms with Crippen molar-refractivity contribution in [2.45, 2.75) is 33.3 Å². The fraction of sp³-hybridized carbons (Fsp3) is 0.462. The molecule has 1 heterocycles. The summed E-state index contributed by atoms with van der Waals surface area (Å²) >= 11 is 0. The van der Waals surface area contributed by atoms with E-state index >= 15 is 0 Å². The van der Waals surface area contributed by atoms with Crippen LogP contribution in [0, 0.1) is 6.92 Å². The molecule has 1 aromatic carbocycles. The number of ether oxygens (including phenoxy) is 2. The van der Waals surface area contributed by atoms with Gasteiger partial charge in [-0.1, -0.05) is 0 Å². The predicted molar refractivity (Wildman–Crippen MR) is 61.4 cm³/mol. The van der Waals surface area contributed by atoms with E-state index in [-0.39, 0.29) is 11.9 Å². The van der Waals surface area contributed by atoms with Gasteiger partial charge in [-0.3, -0.25) is 4.79 Å². The van der Waals surface area contributed by atoms with Gasteiger partial charge in [-0.2, -0.15) is 0 Å². The third-order valence-corrected chi connectivity index (χ3v) is 2.44. The van der Waals surface area contributed by atoms with E-state index in [4.69, 9.17) is 9.47 Å². The number of rotatable bonds is 2. The van der Waals surface area contributed by atoms with Crippen molar-refractivity contribution in [1.29, 1.82) is 0 Å². The van der Waals surface area contributed by atoms with E-state index in [9.17, 15) is 4.79 Å². The maximum Gasteiger partial charge on any atom is 0.171 e. The SMILES string of the molecule is Cc1cc(OC(C)C)c2c(c1)C(=O)CCO2. The molecule has 1 aliphatic heterocycles. The van der Waals surface area contributed by atoms with Gasteiger partial charge in [0.25, 0.3) is 0 Å². The lowest BCUT2D eigenvalue weighted by Crippen LogP contribution is -2.17. The van der Waals surface area contributed by atoms with E-state index in [0.717, 1.165) is 5.56 Å². The molecule has 0 fully saturated rings. The fourth-order valence-corrected chi connectivity index (χ4v) is 1.82. The molecule has 0 aliphatic carbocycles. The van der Waals surface area contributed by atoms with Crippen molar-refractivity contribution in [3.05, 3.63) is 23.3 Å². The molecule has 0 unspecified atom stereocenters. The van der Waals surface area contributed by atoms with Gasteiger partial charge in [0.05, 0.1) is 18.3 Å². The van der Waals surface area contributed by atoms with Gasteiger partial charge < -0.3 is 9.47 Å². The molecule has 3 heteroatoms. The van der Waals surface area contributed by atoms with Crippen LogP contribution in [0.15, 0.2) is 12.1 Å². The molecule has 0 atom stereocenters. The monoisotopic (exact) mass is 220 g/mol. The van der Waals surface area contributed by atoms with E-state index in [1.165, 1.54) is 0 Å². The number of hydrogen-bond donors (Lipinski definition) is 0. The molecule has 0 amide bonds. The summed E-state index contributed by atoms with van der Waals surface area (Å²) in [6.45, 7) is 6.32. The van der Waals surface area contributed by atoms with E-state index in [0.29, 0.717) is 30.1 Å². The first-order valence-corrected chi connectivity index (χ1v) is 5.55. The normalized spacial score (nSPS) is 14.6. The lowest BCUT2D eigenvalue weighted by atomic mass is 10.0. The van der Waals surface area contributed by atoms with Gasteiger partial charge in [-0.25, -0.2) is 0 Å². The van der Waals surface area contributed by atoms with Crippen LogP contribution in [0.3, 0.4) is 0 Å². The third kappa shape index (κ3) is 2.03. The van der Waals surface area contributed by atoms with Crippen LogP contribution in [0.5, 0.6) is 11.5 Å². The molecule has 0 spiro atoms. The average molecular weight is 220 g/mol. The maximum atomic E-state index is 11.7. The van der Waals surface area contributed by atoms with Gasteiger partial charge in [0.1, 0.15) is 0 Å². The molecular formula is C13H16O3. The highest BCUT2D eigenvalue weighted by Crippen LogP contribution is 2.36. The summed E-state index contributed by atoms with van der Waals surface area (Å²) in [6.07, 6.45) is 0.531. The minimum Gasteiger partial charge on any atom is -0.488 e. The van der Waals surface area contributed by atoms with Crippen LogP contribution in [0.4, 0.5) is 0 Å². The number of Topliss-reactive ketones (excluding diaryl/α,β-unsaturated/α-hetero) is 1. The Morgan fingerprint density at radius 1 is 1.38 bits per heavy atom. The number of benzene rings is 1. The Kier molecular flexibility index (Phi) is 2.86. The second kappa shape index (κ2) is 4.16. The maximum absolute atomic E-state index is 11.7. The summed E-state index contributed by atoms with van der Waals surface area (Å²) in [4.78, 5) is 11.7. The van der Waals surface area contributed by atoms with Crippen molar-refractivity contribution in [3.63, 3.8) is 0 Å². The minimum atomic E-state index is 0.0755. The van der Waals surface area contributed by atoms with Gasteiger partial charge >= 0.3 is 0 Å². The first-order valence-electron chi connectivity index (χ1n) is 5.55. The Labute approximate surface area is 95.4 Å². The number of ketones is 1. The van der Waals surface area contributed by atoms with Crippen molar-refractivity contribution >= 4 is 5.78 Å². The van der Waals surface area contributed by atoms with Crippen molar-refractivity contribution in [2.75, 3.05) is 6.61 Å². The number of aryl methyl sites for hydroxylation is 1. The van der Waals surface area contributed by atoms with Crippen molar-refractivity contribution < 1.29 is 14.3 Å². The average Bonchev–Trinajstić information content (AvgIpc) is 2.18. The molecule has 0 radical (unpaired) electrons. The Morgan fingerprint density at radius 2 is 2.12 bits per heavy atom. The van der Waals surface area contributed by atoms with Gasteiger partial charge in [0.2, 0.25) is 0 Å². The highest BCUT2D eigenvalue weighted by molar-refractivity contribution is 6.00. The van der Waals surface area contributed by atoms with Crippen molar-refractivity contribution in [1.82, 2.24) is 0 Å². The molecule has 86 valence electrons. The highest BCUT2D eigenvalue weighted by atomic mass is 16.5. The summed E-state index contributed by atoms with van der Waals surface area (Å²) in [6, 6.07) is 3.78. The van der Waals surface area contributed by atoms with Crippen LogP contribution in [0.2, 0.25) is 0 Å². The minimum absolute atomic E-state index is 0.0755. The first-order chi connectivity index (χ1) is 7.58. The van der Waals surface area contributed by atoms with Crippen LogP contribution < -0.4 is 9.47 Å². The molecular weight excluding hydrogens is 204 g/mol. The lowest BCUT2D eigenvalue weighted by molar-refractivity contribution is 0.0927. The molecule has 0 saturated heterocycles. The highest BCUT2D eigenvalue weighted by Gasteiger charge is 2.23. The van der Waals surface area contributed by atoms with Crippen LogP contribution in [0.1, 0.15) is 36.2 Å². The summed E-state index contributed by atoms with van der Waals surface area (Å²) in [5, 5.41) is 0. The van der Waals surface area contributed by atoms with E-state index in [1.807, 2.05) is 32.9 Å². The number of hydrogen-bond acceptors (Lipinski definition) is 3. The number of carbonyl (C=O) groups excluding carboxylic acids is 1. The molecule has 0 aromatic heterocycles. The fourth-order valence-electron chi connectivity index (χ4n) is 1.82. The zero-order valence-corrected chi connectivity index (χ0v) is 9.87. The summed E-state index contributed by atoms with van der Waals surface area (Å²) in [7, 11) is 0. The molecule has 0 N–H and O–H groups in total. The van der Waals surface area contributed by atoms with Crippen molar-refractivity contribution in [2.24, 2.45) is 0 Å². The Balaban J connectivity index is 2.48. The standard InChI is InChI=1S/C13H16O3/c1-8(2)16-12-7-9(3)6-10-11(14)4-5-15-13(10)12/h6-8H,4-5H2,1-3H3. The third-order valence-electron chi connectivity index (χ3n) is 2.44. The molecule has 1 aliphatic rings. The summed E-state index contributed by atoms with van der Waals surface area (Å²) in [5.74, 6) is 1.42. The van der Waals surface area contributed by atoms with Gasteiger partial charge in [-0.15, -0.1) is 0 Å². The van der Waals surface area contributed by atoms with Gasteiger partial charge in [-0.05, 0) is 38.5 Å². The van der Waals surface area contributed by atoms with Crippen molar-refractivity contribution in [3.8, 4) is 11.5 Å². The molecule has 2 rings (SSSR count). The number of carbonyl (C=O) groups is 1. The molecule has 3 nitrogen and oxygen atoms in total. The largest absolute Gasteiger partial charge is 0.488 e. The molecule has 1 aromatic rings. The second-order valence-corrected chi connectivity index (χ2v) is 4.33. The van der Waals surface area contributed by atoms with E-state index in [2.05, 4.69) is 0 Å². The van der Waals surface area contributed by atoms with Crippen LogP contribution in [-0.4, -0.2) is 18.5 Å². The Hall–Kier alpha value is -1.51. The Morgan fingerprint density at radius 3 is 2.81 bits per heavy atom. The zero-order valence-electron chi connectivity index (χ0n) is 9.87. The first kappa shape index (κ1) is 11.0. The van der Waals surface area contributed by atoms with Gasteiger partial charge in [0, 0.05) is 6.42 Å². The zero-order chi connectivity index (χ0) is 11.7. The Bertz CT molecular complexity index is 421. The van der Waals surface area contributed by atoms with E-state index in [1.54, 1.807) is 0 Å². The summed E-state index contributed by atoms with van der Waals surface area (Å²) < 4.78 is 11.2. The summed E-state index contributed by atoms with van der Waals surface area (Å²) in [5.41, 5.74) is 1.68. The molecule has 0 saturated carbocycles. The van der Waals surface area contributed by atoms with E-state index < -0.39 is 0 Å². The smallest absolute Gasteiger partial charge is 0.171 e. The van der Waals surface area contributed by atoms with Crippen LogP contribution in [0.25, 0.3) is 0 Å². The molecule has 16 heavy (non-hydrogen) atoms. The van der Waals surface area contributed by atoms with Crippen LogP contribution in [-0.2, 0) is 0 Å². The van der Waals surface area contributed by atoms with Gasteiger partial charge in [0.15, 0.2) is 17.3 Å². The molecule has 0 bridgehead atoms. The number of fused-ring (bicyclic) bond motifs is 1. The topological polar surface area (TPSA) is 35.5 Å². The second-order valence-electron chi connectivity index (χ2n) is 4.33. The lowest BCUT2D eigenvalue weighted by Gasteiger charge is -2.21. The predicted octanol–water partition coefficient (Wildman–Crippen LogP) is 2.75. The van der Waals surface area contributed by atoms with Crippen LogP contribution >= 0.6 is 0 Å². The quantitative estimate of drug-likeness (QED) is 0.768.